The molecule has 1 unspecified atom stereocenters. The van der Waals surface area contributed by atoms with Gasteiger partial charge in [-0.2, -0.15) is 0 Å². The molecule has 20 heavy (non-hydrogen) atoms. The van der Waals surface area contributed by atoms with Gasteiger partial charge in [0, 0.05) is 31.1 Å². The minimum absolute atomic E-state index is 0.139. The normalized spacial score (nSPS) is 13.4. The Morgan fingerprint density at radius 1 is 1.30 bits per heavy atom. The summed E-state index contributed by atoms with van der Waals surface area (Å²) in [5.74, 6) is -0.209. The van der Waals surface area contributed by atoms with Gasteiger partial charge in [-0.1, -0.05) is 31.2 Å². The summed E-state index contributed by atoms with van der Waals surface area (Å²) in [6, 6.07) is 6.88. The van der Waals surface area contributed by atoms with E-state index in [0.717, 1.165) is 17.7 Å². The molecule has 1 aromatic heterocycles. The second-order valence-corrected chi connectivity index (χ2v) is 5.66. The summed E-state index contributed by atoms with van der Waals surface area (Å²) in [6.45, 7) is 4.30. The second-order valence-electron chi connectivity index (χ2n) is 5.66. The van der Waals surface area contributed by atoms with Crippen molar-refractivity contribution in [1.29, 1.82) is 0 Å². The first-order valence-electron chi connectivity index (χ1n) is 6.72. The predicted octanol–water partition coefficient (Wildman–Crippen LogP) is 2.06. The smallest absolute Gasteiger partial charge is 0.123 e. The number of aryl methyl sites for hydroxylation is 1. The summed E-state index contributed by atoms with van der Waals surface area (Å²) < 4.78 is 14.8. The van der Waals surface area contributed by atoms with E-state index < -0.39 is 0 Å². The van der Waals surface area contributed by atoms with Crippen molar-refractivity contribution in [2.75, 3.05) is 7.05 Å². The van der Waals surface area contributed by atoms with Gasteiger partial charge in [-0.25, -0.2) is 4.39 Å². The third kappa shape index (κ3) is 3.04. The maximum Gasteiger partial charge on any atom is 0.123 e. The molecule has 5 heteroatoms. The maximum absolute atomic E-state index is 13.1. The van der Waals surface area contributed by atoms with Crippen molar-refractivity contribution in [2.45, 2.75) is 31.7 Å². The highest BCUT2D eigenvalue weighted by molar-refractivity contribution is 5.27. The van der Waals surface area contributed by atoms with Crippen LogP contribution in [0, 0.1) is 5.82 Å². The number of benzene rings is 1. The SMILES string of the molecule is CNC(Cc1cn(C)nn1)C(C)(C)c1ccc(F)cc1. The van der Waals surface area contributed by atoms with Gasteiger partial charge in [-0.05, 0) is 24.7 Å². The fraction of sp³-hybridized carbons (Fsp3) is 0.467. The van der Waals surface area contributed by atoms with Crippen LogP contribution in [0.15, 0.2) is 30.5 Å². The highest BCUT2D eigenvalue weighted by atomic mass is 19.1. The largest absolute Gasteiger partial charge is 0.316 e. The van der Waals surface area contributed by atoms with E-state index in [2.05, 4.69) is 29.5 Å². The zero-order valence-electron chi connectivity index (χ0n) is 12.4. The molecule has 108 valence electrons. The second kappa shape index (κ2) is 5.71. The molecule has 2 rings (SSSR count). The minimum atomic E-state index is -0.209. The van der Waals surface area contributed by atoms with Crippen LogP contribution in [-0.2, 0) is 18.9 Å². The summed E-state index contributed by atoms with van der Waals surface area (Å²) in [5, 5.41) is 11.4. The molecule has 0 radical (unpaired) electrons. The molecule has 4 nitrogen and oxygen atoms in total. The minimum Gasteiger partial charge on any atom is -0.316 e. The van der Waals surface area contributed by atoms with Crippen molar-refractivity contribution in [2.24, 2.45) is 7.05 Å². The third-order valence-corrected chi connectivity index (χ3v) is 3.87. The molecule has 1 heterocycles. The van der Waals surface area contributed by atoms with E-state index in [1.165, 1.54) is 12.1 Å². The van der Waals surface area contributed by atoms with Crippen molar-refractivity contribution in [1.82, 2.24) is 20.3 Å². The van der Waals surface area contributed by atoms with E-state index in [0.29, 0.717) is 0 Å². The van der Waals surface area contributed by atoms with Gasteiger partial charge in [0.25, 0.3) is 0 Å². The molecular weight excluding hydrogens is 255 g/mol. The Labute approximate surface area is 119 Å². The number of nitrogens with one attached hydrogen (secondary N) is 1. The molecule has 0 spiro atoms. The number of aromatic nitrogens is 3. The van der Waals surface area contributed by atoms with Crippen molar-refractivity contribution in [3.63, 3.8) is 0 Å². The molecule has 0 aliphatic rings. The van der Waals surface area contributed by atoms with Crippen LogP contribution >= 0.6 is 0 Å². The number of nitrogens with zero attached hydrogens (tertiary/aromatic N) is 3. The molecule has 0 aliphatic carbocycles. The van der Waals surface area contributed by atoms with Crippen LogP contribution < -0.4 is 5.32 Å². The van der Waals surface area contributed by atoms with Gasteiger partial charge in [-0.15, -0.1) is 5.10 Å². The summed E-state index contributed by atoms with van der Waals surface area (Å²) in [5.41, 5.74) is 1.91. The fourth-order valence-electron chi connectivity index (χ4n) is 2.50. The quantitative estimate of drug-likeness (QED) is 0.909. The van der Waals surface area contributed by atoms with Gasteiger partial charge in [-0.3, -0.25) is 4.68 Å². The van der Waals surface area contributed by atoms with Crippen molar-refractivity contribution in [3.05, 3.63) is 47.5 Å². The van der Waals surface area contributed by atoms with Gasteiger partial charge >= 0.3 is 0 Å². The molecule has 2 aromatic rings. The Balaban J connectivity index is 2.22. The van der Waals surface area contributed by atoms with E-state index in [1.54, 1.807) is 4.68 Å². The fourth-order valence-corrected chi connectivity index (χ4v) is 2.50. The lowest BCUT2D eigenvalue weighted by atomic mass is 9.76. The highest BCUT2D eigenvalue weighted by Gasteiger charge is 2.31. The third-order valence-electron chi connectivity index (χ3n) is 3.87. The van der Waals surface area contributed by atoms with Crippen LogP contribution in [-0.4, -0.2) is 28.1 Å². The zero-order valence-corrected chi connectivity index (χ0v) is 12.4. The number of halogens is 1. The monoisotopic (exact) mass is 276 g/mol. The summed E-state index contributed by atoms with van der Waals surface area (Å²) in [6.07, 6.45) is 2.69. The summed E-state index contributed by atoms with van der Waals surface area (Å²) >= 11 is 0. The average Bonchev–Trinajstić information content (AvgIpc) is 2.82. The van der Waals surface area contributed by atoms with Gasteiger partial charge in [0.1, 0.15) is 5.82 Å². The summed E-state index contributed by atoms with van der Waals surface area (Å²) in [4.78, 5) is 0. The van der Waals surface area contributed by atoms with Crippen LogP contribution in [0.3, 0.4) is 0 Å². The molecule has 0 aliphatic heterocycles. The molecular formula is C15H21FN4. The van der Waals surface area contributed by atoms with Gasteiger partial charge in [0.05, 0.1) is 5.69 Å². The molecule has 1 aromatic carbocycles. The van der Waals surface area contributed by atoms with Crippen LogP contribution in [0.1, 0.15) is 25.1 Å². The average molecular weight is 276 g/mol. The van der Waals surface area contributed by atoms with E-state index in [9.17, 15) is 4.39 Å². The van der Waals surface area contributed by atoms with E-state index in [1.807, 2.05) is 32.4 Å². The van der Waals surface area contributed by atoms with Crippen LogP contribution in [0.2, 0.25) is 0 Å². The molecule has 0 bridgehead atoms. The van der Waals surface area contributed by atoms with E-state index >= 15 is 0 Å². The van der Waals surface area contributed by atoms with Gasteiger partial charge in [0.2, 0.25) is 0 Å². The Morgan fingerprint density at radius 3 is 2.45 bits per heavy atom. The lowest BCUT2D eigenvalue weighted by molar-refractivity contribution is 0.354. The summed E-state index contributed by atoms with van der Waals surface area (Å²) in [7, 11) is 3.79. The van der Waals surface area contributed by atoms with Crippen LogP contribution in [0.25, 0.3) is 0 Å². The molecule has 1 atom stereocenters. The molecule has 0 amide bonds. The number of rotatable bonds is 5. The van der Waals surface area contributed by atoms with Gasteiger partial charge in [0.15, 0.2) is 0 Å². The molecule has 0 fully saturated rings. The first-order valence-corrected chi connectivity index (χ1v) is 6.72. The van der Waals surface area contributed by atoms with Crippen LogP contribution in [0.5, 0.6) is 0 Å². The number of hydrogen-bond acceptors (Lipinski definition) is 3. The Morgan fingerprint density at radius 2 is 1.95 bits per heavy atom. The Bertz CT molecular complexity index is 560. The van der Waals surface area contributed by atoms with E-state index in [-0.39, 0.29) is 17.3 Å². The van der Waals surface area contributed by atoms with Crippen molar-refractivity contribution < 1.29 is 4.39 Å². The lowest BCUT2D eigenvalue weighted by Crippen LogP contribution is -2.44. The molecule has 1 N–H and O–H groups in total. The standard InChI is InChI=1S/C15H21FN4/c1-15(2,11-5-7-12(16)8-6-11)14(17-3)9-13-10-20(4)19-18-13/h5-8,10,14,17H,9H2,1-4H3. The maximum atomic E-state index is 13.1. The van der Waals surface area contributed by atoms with Gasteiger partial charge < -0.3 is 5.32 Å². The Hall–Kier alpha value is -1.75. The Kier molecular flexibility index (Phi) is 4.18. The first kappa shape index (κ1) is 14.7. The van der Waals surface area contributed by atoms with E-state index in [4.69, 9.17) is 0 Å². The first-order chi connectivity index (χ1) is 9.43. The van der Waals surface area contributed by atoms with Crippen LogP contribution in [0.4, 0.5) is 4.39 Å². The topological polar surface area (TPSA) is 42.7 Å². The van der Waals surface area contributed by atoms with Crippen molar-refractivity contribution >= 4 is 0 Å². The lowest BCUT2D eigenvalue weighted by Gasteiger charge is -2.34. The number of likely N-dealkylation sites (N-methyl/N-ethyl adjacent to an activating group) is 1. The molecule has 0 saturated heterocycles. The molecule has 0 saturated carbocycles. The number of hydrogen-bond donors (Lipinski definition) is 1. The predicted molar refractivity (Wildman–Crippen MR) is 77.0 cm³/mol. The van der Waals surface area contributed by atoms with Crippen molar-refractivity contribution in [3.8, 4) is 0 Å². The zero-order chi connectivity index (χ0) is 14.8. The highest BCUT2D eigenvalue weighted by Crippen LogP contribution is 2.28.